The van der Waals surface area contributed by atoms with Gasteiger partial charge < -0.3 is 36.5 Å². The number of aromatic hydroxyl groups is 1. The van der Waals surface area contributed by atoms with Crippen molar-refractivity contribution < 1.29 is 34.2 Å². The molecule has 0 bridgehead atoms. The molecule has 14 nitrogen and oxygen atoms in total. The number of fused-ring (bicyclic) bond motifs is 1. The molecular formula is C31H32N6O8S. The SMILES string of the molecule is CCNC(=O)Nc1ccc(-c2ccc(C(=O)N(C(=O)C(N)c3ccc(O)cc3)[C@@H]3C(=O)N4[C@@H]3SC(C)(C)[C@@H]4C(=O)O)c(=O)[nH]2)cc1. The van der Waals surface area contributed by atoms with Crippen LogP contribution in [0.3, 0.4) is 0 Å². The summed E-state index contributed by atoms with van der Waals surface area (Å²) in [6.45, 7) is 5.55. The van der Waals surface area contributed by atoms with E-state index in [0.29, 0.717) is 28.4 Å². The Hall–Kier alpha value is -5.15. The van der Waals surface area contributed by atoms with Crippen molar-refractivity contribution in [1.29, 1.82) is 0 Å². The lowest BCUT2D eigenvalue weighted by Gasteiger charge is -2.47. The number of carbonyl (C=O) groups excluding carboxylic acids is 4. The molecular weight excluding hydrogens is 616 g/mol. The van der Waals surface area contributed by atoms with E-state index in [0.717, 1.165) is 16.7 Å². The number of hydrogen-bond donors (Lipinski definition) is 6. The van der Waals surface area contributed by atoms with Gasteiger partial charge in [0.25, 0.3) is 23.3 Å². The van der Waals surface area contributed by atoms with Crippen LogP contribution < -0.4 is 21.9 Å². The standard InChI is InChI=1S/C31H32N6O8S/c1-4-33-30(45)34-17-9-5-15(6-10-17)20-14-13-19(24(39)35-20)25(40)36(26(41)21(32)16-7-11-18(38)12-8-16)22-27(42)37-23(29(43)44)31(2,3)46-28(22)37/h5-14,21-23,28,38H,4,32H2,1-3H3,(H,35,39)(H,43,44)(H2,33,34,45)/t21?,22-,23+,28-/m1/s1. The summed E-state index contributed by atoms with van der Waals surface area (Å²) in [7, 11) is 0. The van der Waals surface area contributed by atoms with E-state index in [4.69, 9.17) is 5.73 Å². The van der Waals surface area contributed by atoms with Crippen LogP contribution in [-0.4, -0.2) is 83.5 Å². The zero-order chi connectivity index (χ0) is 33.5. The van der Waals surface area contributed by atoms with Gasteiger partial charge in [-0.1, -0.05) is 24.3 Å². The number of aliphatic carboxylic acids is 1. The smallest absolute Gasteiger partial charge is 0.327 e. The molecule has 2 aliphatic heterocycles. The number of H-pyrrole nitrogens is 1. The Bertz CT molecular complexity index is 1770. The minimum absolute atomic E-state index is 0.0787. The average Bonchev–Trinajstić information content (AvgIpc) is 3.26. The molecule has 15 heteroatoms. The lowest BCUT2D eigenvalue weighted by atomic mass is 9.94. The molecule has 7 N–H and O–H groups in total. The summed E-state index contributed by atoms with van der Waals surface area (Å²) in [5.41, 5.74) is 6.64. The molecule has 5 amide bonds. The number of phenols is 1. The number of thioether (sulfide) groups is 1. The van der Waals surface area contributed by atoms with Gasteiger partial charge in [-0.2, -0.15) is 0 Å². The summed E-state index contributed by atoms with van der Waals surface area (Å²) in [4.78, 5) is 83.0. The highest BCUT2D eigenvalue weighted by molar-refractivity contribution is 8.01. The topological polar surface area (TPSA) is 215 Å². The first kappa shape index (κ1) is 32.2. The molecule has 240 valence electrons. The molecule has 0 saturated carbocycles. The molecule has 2 aromatic carbocycles. The summed E-state index contributed by atoms with van der Waals surface area (Å²) in [6, 6.07) is 10.2. The number of nitrogens with one attached hydrogen (secondary N) is 3. The number of pyridine rings is 1. The number of phenolic OH excluding ortho intramolecular Hbond substituents is 1. The number of nitrogens with two attached hydrogens (primary N) is 1. The van der Waals surface area contributed by atoms with Gasteiger partial charge in [-0.15, -0.1) is 11.8 Å². The number of nitrogens with zero attached hydrogens (tertiary/aromatic N) is 2. The van der Waals surface area contributed by atoms with Gasteiger partial charge in [0, 0.05) is 22.7 Å². The lowest BCUT2D eigenvalue weighted by Crippen LogP contribution is -2.72. The first-order valence-electron chi connectivity index (χ1n) is 14.3. The van der Waals surface area contributed by atoms with Crippen LogP contribution >= 0.6 is 11.8 Å². The van der Waals surface area contributed by atoms with E-state index in [1.54, 1.807) is 45.0 Å². The van der Waals surface area contributed by atoms with Crippen LogP contribution in [0, 0.1) is 0 Å². The quantitative estimate of drug-likeness (QED) is 0.196. The largest absolute Gasteiger partial charge is 0.508 e. The maximum Gasteiger partial charge on any atom is 0.327 e. The van der Waals surface area contributed by atoms with Gasteiger partial charge in [0.2, 0.25) is 0 Å². The second-order valence-corrected chi connectivity index (χ2v) is 13.1. The predicted octanol–water partition coefficient (Wildman–Crippen LogP) is 2.07. The number of rotatable bonds is 8. The summed E-state index contributed by atoms with van der Waals surface area (Å²) in [5, 5.41) is 23.9. The highest BCUT2D eigenvalue weighted by Gasteiger charge is 2.66. The van der Waals surface area contributed by atoms with Crippen LogP contribution in [-0.2, 0) is 14.4 Å². The van der Waals surface area contributed by atoms with E-state index < -0.39 is 63.1 Å². The van der Waals surface area contributed by atoms with Gasteiger partial charge in [-0.05, 0) is 68.3 Å². The number of urea groups is 1. The summed E-state index contributed by atoms with van der Waals surface area (Å²) in [5.74, 6) is -4.13. The minimum Gasteiger partial charge on any atom is -0.508 e. The molecule has 5 rings (SSSR count). The minimum atomic E-state index is -1.45. The number of hydrogen-bond acceptors (Lipinski definition) is 9. The third-order valence-electron chi connectivity index (χ3n) is 7.83. The molecule has 1 aromatic heterocycles. The van der Waals surface area contributed by atoms with Crippen molar-refractivity contribution in [2.45, 2.75) is 49.0 Å². The van der Waals surface area contributed by atoms with Crippen LogP contribution in [0.25, 0.3) is 11.3 Å². The van der Waals surface area contributed by atoms with Crippen LogP contribution in [0.5, 0.6) is 5.75 Å². The van der Waals surface area contributed by atoms with Crippen LogP contribution in [0.2, 0.25) is 0 Å². The van der Waals surface area contributed by atoms with Gasteiger partial charge in [0.1, 0.15) is 34.8 Å². The van der Waals surface area contributed by atoms with Crippen LogP contribution in [0.4, 0.5) is 10.5 Å². The number of aromatic nitrogens is 1. The fraction of sp³-hybridized carbons (Fsp3) is 0.290. The molecule has 46 heavy (non-hydrogen) atoms. The Morgan fingerprint density at radius 2 is 1.70 bits per heavy atom. The molecule has 0 aliphatic carbocycles. The van der Waals surface area contributed by atoms with Crippen LogP contribution in [0.1, 0.15) is 42.7 Å². The van der Waals surface area contributed by atoms with Crippen molar-refractivity contribution in [3.05, 3.63) is 82.1 Å². The van der Waals surface area contributed by atoms with Crippen LogP contribution in [0.15, 0.2) is 65.5 Å². The fourth-order valence-corrected chi connectivity index (χ4v) is 7.25. The lowest BCUT2D eigenvalue weighted by molar-refractivity contribution is -0.166. The van der Waals surface area contributed by atoms with Gasteiger partial charge >= 0.3 is 12.0 Å². The summed E-state index contributed by atoms with van der Waals surface area (Å²) >= 11 is 1.13. The maximum atomic E-state index is 14.0. The number of carboxylic acids is 1. The van der Waals surface area contributed by atoms with E-state index in [9.17, 15) is 39.0 Å². The highest BCUT2D eigenvalue weighted by atomic mass is 32.2. The van der Waals surface area contributed by atoms with Crippen molar-refractivity contribution >= 4 is 47.2 Å². The van der Waals surface area contributed by atoms with E-state index in [2.05, 4.69) is 15.6 Å². The Kier molecular flexibility index (Phi) is 8.64. The van der Waals surface area contributed by atoms with E-state index in [-0.39, 0.29) is 17.3 Å². The third-order valence-corrected chi connectivity index (χ3v) is 9.39. The number of amides is 5. The molecule has 2 fully saturated rings. The predicted molar refractivity (Wildman–Crippen MR) is 169 cm³/mol. The van der Waals surface area contributed by atoms with Crippen molar-refractivity contribution in [2.24, 2.45) is 5.73 Å². The fourth-order valence-electron chi connectivity index (χ4n) is 5.58. The monoisotopic (exact) mass is 648 g/mol. The van der Waals surface area contributed by atoms with Gasteiger partial charge in [-0.25, -0.2) is 9.59 Å². The number of anilines is 1. The first-order chi connectivity index (χ1) is 21.7. The van der Waals surface area contributed by atoms with Gasteiger partial charge in [-0.3, -0.25) is 24.1 Å². The molecule has 2 saturated heterocycles. The molecule has 0 spiro atoms. The number of imide groups is 1. The molecule has 3 aromatic rings. The molecule has 0 radical (unpaired) electrons. The Morgan fingerprint density at radius 3 is 2.28 bits per heavy atom. The van der Waals surface area contributed by atoms with E-state index >= 15 is 0 Å². The van der Waals surface area contributed by atoms with Crippen molar-refractivity contribution in [2.75, 3.05) is 11.9 Å². The highest BCUT2D eigenvalue weighted by Crippen LogP contribution is 2.52. The first-order valence-corrected chi connectivity index (χ1v) is 15.2. The number of β-lactam (4-membered cyclic amide) rings is 1. The molecule has 4 atom stereocenters. The Labute approximate surface area is 267 Å². The summed E-state index contributed by atoms with van der Waals surface area (Å²) in [6.07, 6.45) is 0. The van der Waals surface area contributed by atoms with Crippen molar-refractivity contribution in [1.82, 2.24) is 20.1 Å². The normalized spacial score (nSPS) is 20.2. The summed E-state index contributed by atoms with van der Waals surface area (Å²) < 4.78 is -0.943. The number of carboxylic acid groups (broad SMARTS) is 1. The second-order valence-electron chi connectivity index (χ2n) is 11.3. The zero-order valence-corrected chi connectivity index (χ0v) is 25.8. The third kappa shape index (κ3) is 5.81. The Balaban J connectivity index is 1.47. The van der Waals surface area contributed by atoms with Crippen molar-refractivity contribution in [3.63, 3.8) is 0 Å². The maximum absolute atomic E-state index is 14.0. The number of benzene rings is 2. The van der Waals surface area contributed by atoms with E-state index in [1.165, 1.54) is 36.4 Å². The molecule has 2 aliphatic rings. The van der Waals surface area contributed by atoms with E-state index in [1.807, 2.05) is 0 Å². The molecule has 1 unspecified atom stereocenters. The zero-order valence-electron chi connectivity index (χ0n) is 25.0. The van der Waals surface area contributed by atoms with Crippen molar-refractivity contribution in [3.8, 4) is 17.0 Å². The van der Waals surface area contributed by atoms with Gasteiger partial charge in [0.15, 0.2) is 0 Å². The average molecular weight is 649 g/mol. The second kappa shape index (κ2) is 12.3. The molecule has 3 heterocycles. The number of aromatic amines is 1. The Morgan fingerprint density at radius 1 is 1.04 bits per heavy atom. The van der Waals surface area contributed by atoms with Gasteiger partial charge in [0.05, 0.1) is 0 Å². The number of carbonyl (C=O) groups is 5.